The maximum atomic E-state index is 12.1. The molecule has 1 saturated heterocycles. The molecule has 2 saturated carbocycles. The topological polar surface area (TPSA) is 95.5 Å². The fraction of sp³-hybridized carbons (Fsp3) is 0.769. The summed E-state index contributed by atoms with van der Waals surface area (Å²) < 4.78 is 0. The smallest absolute Gasteiger partial charge is 0.308 e. The summed E-state index contributed by atoms with van der Waals surface area (Å²) in [5.41, 5.74) is 0. The van der Waals surface area contributed by atoms with Gasteiger partial charge in [0, 0.05) is 12.5 Å². The van der Waals surface area contributed by atoms with Gasteiger partial charge in [-0.2, -0.15) is 0 Å². The number of amides is 2. The van der Waals surface area contributed by atoms with Crippen molar-refractivity contribution in [3.05, 3.63) is 0 Å². The largest absolute Gasteiger partial charge is 0.481 e. The van der Waals surface area contributed by atoms with Crippen LogP contribution in [0.3, 0.4) is 0 Å². The Hall–Kier alpha value is -1.59. The first-order chi connectivity index (χ1) is 9.06. The number of rotatable bonds is 3. The van der Waals surface area contributed by atoms with Crippen LogP contribution in [0.15, 0.2) is 0 Å². The van der Waals surface area contributed by atoms with Crippen molar-refractivity contribution in [1.29, 1.82) is 0 Å². The minimum absolute atomic E-state index is 0.108. The van der Waals surface area contributed by atoms with Crippen LogP contribution in [-0.2, 0) is 14.4 Å². The lowest BCUT2D eigenvalue weighted by Gasteiger charge is -2.29. The molecular formula is C13H18N2O4. The van der Waals surface area contributed by atoms with Crippen molar-refractivity contribution < 1.29 is 19.5 Å². The van der Waals surface area contributed by atoms with Gasteiger partial charge in [0.15, 0.2) is 0 Å². The monoisotopic (exact) mass is 266 g/mol. The Balaban J connectivity index is 1.67. The molecule has 104 valence electrons. The van der Waals surface area contributed by atoms with E-state index in [2.05, 4.69) is 10.6 Å². The lowest BCUT2D eigenvalue weighted by Crippen LogP contribution is -2.51. The molecule has 0 aromatic carbocycles. The zero-order valence-corrected chi connectivity index (χ0v) is 10.6. The zero-order chi connectivity index (χ0) is 13.6. The molecule has 3 aliphatic rings. The van der Waals surface area contributed by atoms with Crippen molar-refractivity contribution in [1.82, 2.24) is 10.6 Å². The molecule has 0 radical (unpaired) electrons. The maximum absolute atomic E-state index is 12.1. The second-order valence-corrected chi connectivity index (χ2v) is 5.89. The number of hydrogen-bond donors (Lipinski definition) is 3. The van der Waals surface area contributed by atoms with Crippen LogP contribution in [0, 0.1) is 17.8 Å². The van der Waals surface area contributed by atoms with Gasteiger partial charge in [0.05, 0.1) is 5.92 Å². The number of carboxylic acid groups (broad SMARTS) is 1. The Morgan fingerprint density at radius 1 is 1.21 bits per heavy atom. The lowest BCUT2D eigenvalue weighted by atomic mass is 9.84. The summed E-state index contributed by atoms with van der Waals surface area (Å²) in [7, 11) is 0. The molecule has 19 heavy (non-hydrogen) atoms. The van der Waals surface area contributed by atoms with Crippen molar-refractivity contribution in [2.45, 2.75) is 44.2 Å². The Bertz CT molecular complexity index is 436. The van der Waals surface area contributed by atoms with E-state index in [4.69, 9.17) is 0 Å². The van der Waals surface area contributed by atoms with Crippen LogP contribution in [0.25, 0.3) is 0 Å². The van der Waals surface area contributed by atoms with Crippen LogP contribution in [0.5, 0.6) is 0 Å². The highest BCUT2D eigenvalue weighted by Crippen LogP contribution is 2.48. The fourth-order valence-corrected chi connectivity index (χ4v) is 3.93. The van der Waals surface area contributed by atoms with E-state index in [9.17, 15) is 19.5 Å². The van der Waals surface area contributed by atoms with E-state index in [0.717, 1.165) is 19.3 Å². The summed E-state index contributed by atoms with van der Waals surface area (Å²) in [6.45, 7) is 0. The van der Waals surface area contributed by atoms with Gasteiger partial charge in [-0.1, -0.05) is 0 Å². The molecule has 1 aliphatic heterocycles. The van der Waals surface area contributed by atoms with Gasteiger partial charge in [0.2, 0.25) is 11.8 Å². The number of fused-ring (bicyclic) bond motifs is 2. The van der Waals surface area contributed by atoms with Crippen LogP contribution in [0.1, 0.15) is 32.1 Å². The lowest BCUT2D eigenvalue weighted by molar-refractivity contribution is -0.145. The number of carbonyl (C=O) groups is 3. The molecule has 6 nitrogen and oxygen atoms in total. The third-order valence-corrected chi connectivity index (χ3v) is 4.82. The van der Waals surface area contributed by atoms with E-state index in [1.54, 1.807) is 0 Å². The Labute approximate surface area is 110 Å². The Kier molecular flexibility index (Phi) is 2.95. The minimum atomic E-state index is -0.812. The molecular weight excluding hydrogens is 248 g/mol. The zero-order valence-electron chi connectivity index (χ0n) is 10.6. The molecule has 3 rings (SSSR count). The van der Waals surface area contributed by atoms with Gasteiger partial charge >= 0.3 is 5.97 Å². The summed E-state index contributed by atoms with van der Waals surface area (Å²) in [5.74, 6) is -1.12. The van der Waals surface area contributed by atoms with E-state index in [-0.39, 0.29) is 29.7 Å². The van der Waals surface area contributed by atoms with Gasteiger partial charge in [-0.25, -0.2) is 0 Å². The SMILES string of the molecule is O=C1CC[C@H](C(=O)NC2C3CCC(C3)C2C(=O)O)N1. The van der Waals surface area contributed by atoms with Gasteiger partial charge in [-0.15, -0.1) is 0 Å². The first kappa shape index (κ1) is 12.4. The third-order valence-electron chi connectivity index (χ3n) is 4.82. The normalized spacial score (nSPS) is 40.2. The maximum Gasteiger partial charge on any atom is 0.308 e. The number of carboxylic acids is 1. The quantitative estimate of drug-likeness (QED) is 0.663. The average Bonchev–Trinajstić information content (AvgIpc) is 3.03. The molecule has 2 aliphatic carbocycles. The van der Waals surface area contributed by atoms with Gasteiger partial charge < -0.3 is 15.7 Å². The van der Waals surface area contributed by atoms with Crippen LogP contribution in [0.2, 0.25) is 0 Å². The molecule has 3 fully saturated rings. The van der Waals surface area contributed by atoms with E-state index in [1.165, 1.54) is 0 Å². The molecule has 2 amide bonds. The number of carbonyl (C=O) groups excluding carboxylic acids is 2. The molecule has 0 aromatic rings. The third kappa shape index (κ3) is 2.09. The average molecular weight is 266 g/mol. The number of nitrogens with one attached hydrogen (secondary N) is 2. The fourth-order valence-electron chi connectivity index (χ4n) is 3.93. The van der Waals surface area contributed by atoms with Crippen LogP contribution >= 0.6 is 0 Å². The predicted octanol–water partition coefficient (Wildman–Crippen LogP) is -0.119. The van der Waals surface area contributed by atoms with Crippen LogP contribution in [-0.4, -0.2) is 35.0 Å². The Morgan fingerprint density at radius 3 is 2.58 bits per heavy atom. The summed E-state index contributed by atoms with van der Waals surface area (Å²) in [6.07, 6.45) is 3.73. The van der Waals surface area contributed by atoms with Gasteiger partial charge in [-0.3, -0.25) is 14.4 Å². The highest BCUT2D eigenvalue weighted by molar-refractivity contribution is 5.91. The molecule has 3 N–H and O–H groups in total. The molecule has 5 atom stereocenters. The predicted molar refractivity (Wildman–Crippen MR) is 65.1 cm³/mol. The van der Waals surface area contributed by atoms with Crippen molar-refractivity contribution in [3.63, 3.8) is 0 Å². The highest BCUT2D eigenvalue weighted by Gasteiger charge is 2.52. The molecule has 6 heteroatoms. The Morgan fingerprint density at radius 2 is 1.95 bits per heavy atom. The summed E-state index contributed by atoms with van der Waals surface area (Å²) in [6, 6.07) is -0.748. The van der Waals surface area contributed by atoms with E-state index in [1.807, 2.05) is 0 Å². The first-order valence-corrected chi connectivity index (χ1v) is 6.89. The van der Waals surface area contributed by atoms with Gasteiger partial charge in [-0.05, 0) is 37.5 Å². The second-order valence-electron chi connectivity index (χ2n) is 5.89. The summed E-state index contributed by atoms with van der Waals surface area (Å²) >= 11 is 0. The molecule has 4 unspecified atom stereocenters. The first-order valence-electron chi connectivity index (χ1n) is 6.89. The number of hydrogen-bond acceptors (Lipinski definition) is 3. The summed E-state index contributed by atoms with van der Waals surface area (Å²) in [4.78, 5) is 34.5. The van der Waals surface area contributed by atoms with Gasteiger partial charge in [0.1, 0.15) is 6.04 Å². The van der Waals surface area contributed by atoms with Crippen LogP contribution in [0.4, 0.5) is 0 Å². The van der Waals surface area contributed by atoms with Crippen molar-refractivity contribution in [2.24, 2.45) is 17.8 Å². The van der Waals surface area contributed by atoms with Gasteiger partial charge in [0.25, 0.3) is 0 Å². The van der Waals surface area contributed by atoms with Crippen LogP contribution < -0.4 is 10.6 Å². The molecule has 0 aromatic heterocycles. The highest BCUT2D eigenvalue weighted by atomic mass is 16.4. The van der Waals surface area contributed by atoms with Crippen molar-refractivity contribution in [3.8, 4) is 0 Å². The minimum Gasteiger partial charge on any atom is -0.481 e. The van der Waals surface area contributed by atoms with Crippen molar-refractivity contribution in [2.75, 3.05) is 0 Å². The molecule has 2 bridgehead atoms. The number of aliphatic carboxylic acids is 1. The van der Waals surface area contributed by atoms with Crippen molar-refractivity contribution >= 4 is 17.8 Å². The molecule has 1 heterocycles. The van der Waals surface area contributed by atoms with E-state index >= 15 is 0 Å². The second kappa shape index (κ2) is 4.51. The standard InChI is InChI=1S/C13H18N2O4/c16-9-4-3-8(14-9)12(17)15-11-7-2-1-6(5-7)10(11)13(18)19/h6-8,10-11H,1-5H2,(H,14,16)(H,15,17)(H,18,19)/t6?,7?,8-,10?,11?/m1/s1. The molecule has 0 spiro atoms. The summed E-state index contributed by atoms with van der Waals surface area (Å²) in [5, 5.41) is 14.8. The van der Waals surface area contributed by atoms with E-state index in [0.29, 0.717) is 12.8 Å². The van der Waals surface area contributed by atoms with E-state index < -0.39 is 17.9 Å².